The van der Waals surface area contributed by atoms with Crippen LogP contribution in [0.5, 0.6) is 5.75 Å². The van der Waals surface area contributed by atoms with Gasteiger partial charge in [0, 0.05) is 12.2 Å². The summed E-state index contributed by atoms with van der Waals surface area (Å²) in [5, 5.41) is 10.3. The van der Waals surface area contributed by atoms with Crippen LogP contribution < -0.4 is 4.74 Å². The minimum absolute atomic E-state index is 0.515. The lowest BCUT2D eigenvalue weighted by Crippen LogP contribution is -2.30. The first-order valence-electron chi connectivity index (χ1n) is 5.25. The summed E-state index contributed by atoms with van der Waals surface area (Å²) in [7, 11) is 1.65. The lowest BCUT2D eigenvalue weighted by molar-refractivity contribution is 0.0686. The van der Waals surface area contributed by atoms with Crippen LogP contribution in [0, 0.1) is 0 Å². The van der Waals surface area contributed by atoms with Crippen LogP contribution in [0.4, 0.5) is 0 Å². The monoisotopic (exact) mass is 302 g/mol. The molecule has 1 aromatic carbocycles. The van der Waals surface area contributed by atoms with Gasteiger partial charge >= 0.3 is 0 Å². The first-order valence-corrected chi connectivity index (χ1v) is 7.20. The van der Waals surface area contributed by atoms with Gasteiger partial charge in [-0.05, 0) is 45.8 Å². The van der Waals surface area contributed by atoms with Gasteiger partial charge < -0.3 is 9.84 Å². The van der Waals surface area contributed by atoms with Crippen molar-refractivity contribution in [3.05, 3.63) is 28.2 Å². The second-order valence-electron chi connectivity index (χ2n) is 4.17. The van der Waals surface area contributed by atoms with E-state index in [0.29, 0.717) is 0 Å². The Kier molecular flexibility index (Phi) is 3.82. The molecule has 4 heteroatoms. The van der Waals surface area contributed by atoms with E-state index in [0.717, 1.165) is 40.1 Å². The van der Waals surface area contributed by atoms with Gasteiger partial charge in [-0.15, -0.1) is 0 Å². The molecule has 1 unspecified atom stereocenters. The average molecular weight is 303 g/mol. The van der Waals surface area contributed by atoms with Crippen molar-refractivity contribution >= 4 is 27.7 Å². The van der Waals surface area contributed by atoms with Gasteiger partial charge in [0.05, 0.1) is 17.2 Å². The molecule has 0 amide bonds. The second kappa shape index (κ2) is 4.98. The Morgan fingerprint density at radius 3 is 2.94 bits per heavy atom. The quantitative estimate of drug-likeness (QED) is 0.931. The van der Waals surface area contributed by atoms with E-state index in [9.17, 15) is 5.11 Å². The van der Waals surface area contributed by atoms with E-state index in [4.69, 9.17) is 4.74 Å². The highest BCUT2D eigenvalue weighted by atomic mass is 79.9. The maximum atomic E-state index is 10.3. The molecule has 2 rings (SSSR count). The first kappa shape index (κ1) is 12.3. The highest BCUT2D eigenvalue weighted by molar-refractivity contribution is 9.10. The average Bonchev–Trinajstić information content (AvgIpc) is 2.65. The zero-order valence-electron chi connectivity index (χ0n) is 9.20. The third kappa shape index (κ3) is 2.73. The second-order valence-corrected chi connectivity index (χ2v) is 6.13. The molecule has 88 valence electrons. The Bertz CT molecular complexity index is 375. The summed E-state index contributed by atoms with van der Waals surface area (Å²) in [4.78, 5) is 0. The van der Waals surface area contributed by atoms with E-state index < -0.39 is 5.60 Å². The third-order valence-electron chi connectivity index (χ3n) is 2.83. The topological polar surface area (TPSA) is 29.5 Å². The fourth-order valence-corrected chi connectivity index (χ4v) is 3.82. The van der Waals surface area contributed by atoms with Crippen molar-refractivity contribution in [2.75, 3.05) is 18.6 Å². The Morgan fingerprint density at radius 2 is 2.38 bits per heavy atom. The fourth-order valence-electron chi connectivity index (χ4n) is 1.94. The SMILES string of the molecule is COc1ccc(CC2(O)CCSC2)cc1Br. The molecule has 16 heavy (non-hydrogen) atoms. The summed E-state index contributed by atoms with van der Waals surface area (Å²) in [6.45, 7) is 0. The van der Waals surface area contributed by atoms with E-state index in [-0.39, 0.29) is 0 Å². The number of thioether (sulfide) groups is 1. The minimum atomic E-state index is -0.515. The van der Waals surface area contributed by atoms with Crippen molar-refractivity contribution in [2.24, 2.45) is 0 Å². The molecule has 0 bridgehead atoms. The van der Waals surface area contributed by atoms with Crippen molar-refractivity contribution in [3.8, 4) is 5.75 Å². The molecule has 1 N–H and O–H groups in total. The molecular formula is C12H15BrO2S. The molecule has 1 fully saturated rings. The lowest BCUT2D eigenvalue weighted by atomic mass is 9.94. The number of aliphatic hydroxyl groups is 1. The van der Waals surface area contributed by atoms with Gasteiger partial charge in [-0.3, -0.25) is 0 Å². The van der Waals surface area contributed by atoms with E-state index >= 15 is 0 Å². The Morgan fingerprint density at radius 1 is 1.56 bits per heavy atom. The van der Waals surface area contributed by atoms with Crippen LogP contribution in [-0.4, -0.2) is 29.3 Å². The van der Waals surface area contributed by atoms with Crippen LogP contribution in [-0.2, 0) is 6.42 Å². The van der Waals surface area contributed by atoms with Gasteiger partial charge in [0.25, 0.3) is 0 Å². The zero-order valence-corrected chi connectivity index (χ0v) is 11.6. The smallest absolute Gasteiger partial charge is 0.133 e. The third-order valence-corrected chi connectivity index (χ3v) is 4.69. The molecule has 0 aromatic heterocycles. The molecular weight excluding hydrogens is 288 g/mol. The Balaban J connectivity index is 2.13. The molecule has 0 aliphatic carbocycles. The highest BCUT2D eigenvalue weighted by Crippen LogP contribution is 2.33. The van der Waals surface area contributed by atoms with Gasteiger partial charge in [-0.25, -0.2) is 0 Å². The zero-order chi connectivity index (χ0) is 11.6. The van der Waals surface area contributed by atoms with Crippen LogP contribution in [0.25, 0.3) is 0 Å². The minimum Gasteiger partial charge on any atom is -0.496 e. The maximum absolute atomic E-state index is 10.3. The molecule has 1 heterocycles. The van der Waals surface area contributed by atoms with Gasteiger partial charge in [-0.1, -0.05) is 6.07 Å². The summed E-state index contributed by atoms with van der Waals surface area (Å²) < 4.78 is 6.13. The molecule has 2 nitrogen and oxygen atoms in total. The number of hydrogen-bond donors (Lipinski definition) is 1. The Hall–Kier alpha value is -0.190. The predicted octanol–water partition coefficient (Wildman–Crippen LogP) is 2.87. The number of methoxy groups -OCH3 is 1. The molecule has 1 aromatic rings. The highest BCUT2D eigenvalue weighted by Gasteiger charge is 2.31. The van der Waals surface area contributed by atoms with Crippen LogP contribution in [0.3, 0.4) is 0 Å². The standard InChI is InChI=1S/C12H15BrO2S/c1-15-11-3-2-9(6-10(11)13)7-12(14)4-5-16-8-12/h2-3,6,14H,4-5,7-8H2,1H3. The largest absolute Gasteiger partial charge is 0.496 e. The van der Waals surface area contributed by atoms with Gasteiger partial charge in [-0.2, -0.15) is 11.8 Å². The fraction of sp³-hybridized carbons (Fsp3) is 0.500. The molecule has 0 radical (unpaired) electrons. The number of halogens is 1. The molecule has 1 saturated heterocycles. The number of ether oxygens (including phenoxy) is 1. The van der Waals surface area contributed by atoms with Gasteiger partial charge in [0.2, 0.25) is 0 Å². The predicted molar refractivity (Wildman–Crippen MR) is 71.3 cm³/mol. The summed E-state index contributed by atoms with van der Waals surface area (Å²) in [5.41, 5.74) is 0.635. The van der Waals surface area contributed by atoms with E-state index in [2.05, 4.69) is 15.9 Å². The molecule has 0 spiro atoms. The summed E-state index contributed by atoms with van der Waals surface area (Å²) in [6, 6.07) is 5.98. The number of benzene rings is 1. The molecule has 0 saturated carbocycles. The van der Waals surface area contributed by atoms with Crippen LogP contribution in [0.15, 0.2) is 22.7 Å². The van der Waals surface area contributed by atoms with Crippen molar-refractivity contribution in [1.82, 2.24) is 0 Å². The summed E-state index contributed by atoms with van der Waals surface area (Å²) in [5.74, 6) is 2.74. The number of rotatable bonds is 3. The van der Waals surface area contributed by atoms with Crippen LogP contribution in [0.1, 0.15) is 12.0 Å². The number of hydrogen-bond acceptors (Lipinski definition) is 3. The lowest BCUT2D eigenvalue weighted by Gasteiger charge is -2.21. The van der Waals surface area contributed by atoms with E-state index in [1.54, 1.807) is 7.11 Å². The molecule has 1 atom stereocenters. The normalized spacial score (nSPS) is 24.7. The van der Waals surface area contributed by atoms with Gasteiger partial charge in [0.1, 0.15) is 5.75 Å². The molecule has 1 aliphatic heterocycles. The van der Waals surface area contributed by atoms with Gasteiger partial charge in [0.15, 0.2) is 0 Å². The van der Waals surface area contributed by atoms with Crippen LogP contribution in [0.2, 0.25) is 0 Å². The maximum Gasteiger partial charge on any atom is 0.133 e. The van der Waals surface area contributed by atoms with E-state index in [1.165, 1.54) is 0 Å². The van der Waals surface area contributed by atoms with Crippen molar-refractivity contribution in [1.29, 1.82) is 0 Å². The first-order chi connectivity index (χ1) is 7.63. The molecule has 1 aliphatic rings. The van der Waals surface area contributed by atoms with Crippen LogP contribution >= 0.6 is 27.7 Å². The van der Waals surface area contributed by atoms with Crippen molar-refractivity contribution in [2.45, 2.75) is 18.4 Å². The van der Waals surface area contributed by atoms with E-state index in [1.807, 2.05) is 30.0 Å². The Labute approximate surface area is 109 Å². The summed E-state index contributed by atoms with van der Waals surface area (Å²) in [6.07, 6.45) is 1.61. The summed E-state index contributed by atoms with van der Waals surface area (Å²) >= 11 is 5.29. The van der Waals surface area contributed by atoms with Crippen molar-refractivity contribution in [3.63, 3.8) is 0 Å². The van der Waals surface area contributed by atoms with Crippen molar-refractivity contribution < 1.29 is 9.84 Å².